The summed E-state index contributed by atoms with van der Waals surface area (Å²) in [6.07, 6.45) is 0. The molecule has 0 heterocycles. The SMILES string of the molecule is Cc1ccccc1CNC(=O)CO. The minimum Gasteiger partial charge on any atom is -0.387 e. The molecule has 0 saturated heterocycles. The molecule has 1 rings (SSSR count). The van der Waals surface area contributed by atoms with E-state index in [1.807, 2.05) is 31.2 Å². The zero-order valence-electron chi connectivity index (χ0n) is 7.58. The Balaban J connectivity index is 2.54. The van der Waals surface area contributed by atoms with E-state index in [4.69, 9.17) is 5.11 Å². The van der Waals surface area contributed by atoms with Crippen molar-refractivity contribution in [3.63, 3.8) is 0 Å². The molecule has 0 bridgehead atoms. The normalized spacial score (nSPS) is 9.69. The Morgan fingerprint density at radius 1 is 1.46 bits per heavy atom. The Bertz CT molecular complexity index is 297. The molecule has 1 amide bonds. The van der Waals surface area contributed by atoms with Gasteiger partial charge in [-0.2, -0.15) is 0 Å². The van der Waals surface area contributed by atoms with Gasteiger partial charge in [-0.1, -0.05) is 24.3 Å². The van der Waals surface area contributed by atoms with Crippen LogP contribution in [-0.4, -0.2) is 17.6 Å². The van der Waals surface area contributed by atoms with Crippen LogP contribution in [-0.2, 0) is 11.3 Å². The van der Waals surface area contributed by atoms with Gasteiger partial charge in [0.15, 0.2) is 0 Å². The average Bonchev–Trinajstić information content (AvgIpc) is 2.16. The number of rotatable bonds is 3. The molecule has 13 heavy (non-hydrogen) atoms. The van der Waals surface area contributed by atoms with Crippen molar-refractivity contribution in [2.24, 2.45) is 0 Å². The number of carbonyl (C=O) groups excluding carboxylic acids is 1. The average molecular weight is 179 g/mol. The Hall–Kier alpha value is -1.35. The van der Waals surface area contributed by atoms with Crippen LogP contribution in [0, 0.1) is 6.92 Å². The highest BCUT2D eigenvalue weighted by atomic mass is 16.3. The molecule has 0 radical (unpaired) electrons. The van der Waals surface area contributed by atoms with Gasteiger partial charge in [-0.15, -0.1) is 0 Å². The number of carbonyl (C=O) groups is 1. The van der Waals surface area contributed by atoms with E-state index in [-0.39, 0.29) is 5.91 Å². The maximum Gasteiger partial charge on any atom is 0.245 e. The number of aliphatic hydroxyl groups is 1. The fraction of sp³-hybridized carbons (Fsp3) is 0.300. The number of aryl methyl sites for hydroxylation is 1. The van der Waals surface area contributed by atoms with Gasteiger partial charge in [0.25, 0.3) is 0 Å². The predicted octanol–water partition coefficient (Wildman–Crippen LogP) is 0.604. The van der Waals surface area contributed by atoms with Crippen LogP contribution in [0.15, 0.2) is 24.3 Å². The summed E-state index contributed by atoms with van der Waals surface area (Å²) in [7, 11) is 0. The number of amides is 1. The van der Waals surface area contributed by atoms with Crippen LogP contribution in [0.1, 0.15) is 11.1 Å². The third-order valence-electron chi connectivity index (χ3n) is 1.88. The summed E-state index contributed by atoms with van der Waals surface area (Å²) < 4.78 is 0. The van der Waals surface area contributed by atoms with Crippen LogP contribution in [0.3, 0.4) is 0 Å². The molecule has 3 heteroatoms. The van der Waals surface area contributed by atoms with Crippen LogP contribution >= 0.6 is 0 Å². The first-order valence-electron chi connectivity index (χ1n) is 4.16. The zero-order valence-corrected chi connectivity index (χ0v) is 7.58. The molecule has 1 aromatic rings. The van der Waals surface area contributed by atoms with Crippen molar-refractivity contribution in [2.45, 2.75) is 13.5 Å². The Kier molecular flexibility index (Phi) is 3.46. The van der Waals surface area contributed by atoms with Gasteiger partial charge in [0.2, 0.25) is 5.91 Å². The van der Waals surface area contributed by atoms with Gasteiger partial charge < -0.3 is 10.4 Å². The second-order valence-corrected chi connectivity index (χ2v) is 2.86. The van der Waals surface area contributed by atoms with Crippen molar-refractivity contribution in [1.29, 1.82) is 0 Å². The summed E-state index contributed by atoms with van der Waals surface area (Å²) in [4.78, 5) is 10.7. The quantitative estimate of drug-likeness (QED) is 0.714. The van der Waals surface area contributed by atoms with Crippen molar-refractivity contribution in [1.82, 2.24) is 5.32 Å². The largest absolute Gasteiger partial charge is 0.387 e. The van der Waals surface area contributed by atoms with E-state index in [9.17, 15) is 4.79 Å². The number of hydrogen-bond acceptors (Lipinski definition) is 2. The molecule has 0 aliphatic rings. The van der Waals surface area contributed by atoms with Gasteiger partial charge in [0.05, 0.1) is 0 Å². The highest BCUT2D eigenvalue weighted by Gasteiger charge is 1.99. The Labute approximate surface area is 77.4 Å². The maximum absolute atomic E-state index is 10.7. The summed E-state index contributed by atoms with van der Waals surface area (Å²) in [5, 5.41) is 11.1. The summed E-state index contributed by atoms with van der Waals surface area (Å²) in [6.45, 7) is 2.01. The minimum absolute atomic E-state index is 0.344. The lowest BCUT2D eigenvalue weighted by molar-refractivity contribution is -0.123. The Morgan fingerprint density at radius 3 is 2.77 bits per heavy atom. The highest BCUT2D eigenvalue weighted by molar-refractivity contribution is 5.76. The molecule has 0 aromatic heterocycles. The summed E-state index contributed by atoms with van der Waals surface area (Å²) >= 11 is 0. The van der Waals surface area contributed by atoms with Crippen molar-refractivity contribution in [2.75, 3.05) is 6.61 Å². The summed E-state index contributed by atoms with van der Waals surface area (Å²) in [6, 6.07) is 7.81. The third kappa shape index (κ3) is 2.87. The van der Waals surface area contributed by atoms with Crippen LogP contribution in [0.25, 0.3) is 0 Å². The lowest BCUT2D eigenvalue weighted by Gasteiger charge is -2.05. The predicted molar refractivity (Wildman–Crippen MR) is 50.1 cm³/mol. The fourth-order valence-corrected chi connectivity index (χ4v) is 1.06. The number of hydrogen-bond donors (Lipinski definition) is 2. The Morgan fingerprint density at radius 2 is 2.15 bits per heavy atom. The first-order chi connectivity index (χ1) is 6.24. The van der Waals surface area contributed by atoms with E-state index in [1.165, 1.54) is 0 Å². The molecule has 0 aliphatic carbocycles. The highest BCUT2D eigenvalue weighted by Crippen LogP contribution is 2.05. The second kappa shape index (κ2) is 4.62. The molecule has 70 valence electrons. The van der Waals surface area contributed by atoms with E-state index in [0.717, 1.165) is 11.1 Å². The van der Waals surface area contributed by atoms with Crippen molar-refractivity contribution >= 4 is 5.91 Å². The van der Waals surface area contributed by atoms with Gasteiger partial charge in [0.1, 0.15) is 6.61 Å². The van der Waals surface area contributed by atoms with Crippen molar-refractivity contribution < 1.29 is 9.90 Å². The molecule has 2 N–H and O–H groups in total. The van der Waals surface area contributed by atoms with Crippen molar-refractivity contribution in [3.8, 4) is 0 Å². The minimum atomic E-state index is -0.452. The number of nitrogens with one attached hydrogen (secondary N) is 1. The standard InChI is InChI=1S/C10H13NO2/c1-8-4-2-3-5-9(8)6-11-10(13)7-12/h2-5,12H,6-7H2,1H3,(H,11,13). The first-order valence-corrected chi connectivity index (χ1v) is 4.16. The molecule has 1 aromatic carbocycles. The smallest absolute Gasteiger partial charge is 0.245 e. The van der Waals surface area contributed by atoms with E-state index in [2.05, 4.69) is 5.32 Å². The summed E-state index contributed by atoms with van der Waals surface area (Å²) in [5.41, 5.74) is 2.21. The molecule has 0 aliphatic heterocycles. The third-order valence-corrected chi connectivity index (χ3v) is 1.88. The molecular weight excluding hydrogens is 166 g/mol. The molecule has 0 atom stereocenters. The maximum atomic E-state index is 10.7. The molecular formula is C10H13NO2. The molecule has 0 fully saturated rings. The number of aliphatic hydroxyl groups excluding tert-OH is 1. The first kappa shape index (κ1) is 9.74. The number of benzene rings is 1. The van der Waals surface area contributed by atoms with Crippen LogP contribution in [0.5, 0.6) is 0 Å². The van der Waals surface area contributed by atoms with Gasteiger partial charge in [-0.05, 0) is 18.1 Å². The van der Waals surface area contributed by atoms with Crippen LogP contribution in [0.2, 0.25) is 0 Å². The van der Waals surface area contributed by atoms with Crippen molar-refractivity contribution in [3.05, 3.63) is 35.4 Å². The molecule has 3 nitrogen and oxygen atoms in total. The van der Waals surface area contributed by atoms with Gasteiger partial charge >= 0.3 is 0 Å². The second-order valence-electron chi connectivity index (χ2n) is 2.86. The lowest BCUT2D eigenvalue weighted by Crippen LogP contribution is -2.25. The van der Waals surface area contributed by atoms with Crippen LogP contribution in [0.4, 0.5) is 0 Å². The monoisotopic (exact) mass is 179 g/mol. The van der Waals surface area contributed by atoms with Gasteiger partial charge in [-0.25, -0.2) is 0 Å². The van der Waals surface area contributed by atoms with E-state index < -0.39 is 6.61 Å². The van der Waals surface area contributed by atoms with E-state index in [1.54, 1.807) is 0 Å². The van der Waals surface area contributed by atoms with E-state index >= 15 is 0 Å². The fourth-order valence-electron chi connectivity index (χ4n) is 1.06. The van der Waals surface area contributed by atoms with Crippen LogP contribution < -0.4 is 5.32 Å². The molecule has 0 spiro atoms. The topological polar surface area (TPSA) is 49.3 Å². The van der Waals surface area contributed by atoms with E-state index in [0.29, 0.717) is 6.54 Å². The lowest BCUT2D eigenvalue weighted by atomic mass is 10.1. The molecule has 0 unspecified atom stereocenters. The van der Waals surface area contributed by atoms with Gasteiger partial charge in [0, 0.05) is 6.54 Å². The van der Waals surface area contributed by atoms with Gasteiger partial charge in [-0.3, -0.25) is 4.79 Å². The molecule has 0 saturated carbocycles. The zero-order chi connectivity index (χ0) is 9.68. The summed E-state index contributed by atoms with van der Waals surface area (Å²) in [5.74, 6) is -0.344.